The molecule has 0 N–H and O–H groups in total. The van der Waals surface area contributed by atoms with Crippen LogP contribution in [-0.4, -0.2) is 13.1 Å². The number of ether oxygens (including phenoxy) is 1. The molecule has 82 valence electrons. The maximum Gasteiger partial charge on any atom is 0.341 e. The second kappa shape index (κ2) is 5.95. The van der Waals surface area contributed by atoms with Gasteiger partial charge in [0.2, 0.25) is 0 Å². The summed E-state index contributed by atoms with van der Waals surface area (Å²) in [5.41, 5.74) is 9.00. The topological polar surface area (TPSA) is 75.1 Å². The second-order valence-electron chi connectivity index (χ2n) is 2.71. The summed E-state index contributed by atoms with van der Waals surface area (Å²) in [6, 6.07) is 9.01. The van der Waals surface area contributed by atoms with E-state index in [1.54, 1.807) is 12.1 Å². The normalized spacial score (nSPS) is 11.1. The molecular formula is C10H8BrN3O2. The molecule has 0 atom stereocenters. The number of carbonyl (C=O) groups is 1. The van der Waals surface area contributed by atoms with E-state index in [1.807, 2.05) is 18.2 Å². The largest absolute Gasteiger partial charge is 0.465 e. The zero-order valence-corrected chi connectivity index (χ0v) is 10.0. The third-order valence-electron chi connectivity index (χ3n) is 1.76. The molecule has 0 heterocycles. The number of azide groups is 1. The third kappa shape index (κ3) is 2.85. The van der Waals surface area contributed by atoms with Gasteiger partial charge in [-0.2, -0.15) is 0 Å². The Morgan fingerprint density at radius 1 is 1.44 bits per heavy atom. The van der Waals surface area contributed by atoms with Crippen LogP contribution in [0.4, 0.5) is 0 Å². The lowest BCUT2D eigenvalue weighted by Gasteiger charge is -2.03. The van der Waals surface area contributed by atoms with Gasteiger partial charge in [-0.15, -0.1) is 0 Å². The van der Waals surface area contributed by atoms with E-state index in [4.69, 9.17) is 5.53 Å². The lowest BCUT2D eigenvalue weighted by molar-refractivity contribution is -0.136. The lowest BCUT2D eigenvalue weighted by atomic mass is 10.2. The standard InChI is InChI=1S/C10H8BrN3O2/c1-16-10(15)9(13-14-12)8(11)7-5-3-2-4-6-7/h2-6H,1H3/b9-8+. The maximum absolute atomic E-state index is 11.3. The SMILES string of the molecule is COC(=O)/C(N=[N+]=[N-])=C(\Br)c1ccccc1. The van der Waals surface area contributed by atoms with Crippen molar-refractivity contribution in [2.24, 2.45) is 5.11 Å². The molecule has 0 aromatic heterocycles. The number of esters is 1. The van der Waals surface area contributed by atoms with Crippen LogP contribution < -0.4 is 0 Å². The van der Waals surface area contributed by atoms with Crippen LogP contribution in [0.15, 0.2) is 41.1 Å². The Labute approximate surface area is 100 Å². The number of hydrogen-bond acceptors (Lipinski definition) is 3. The first-order valence-corrected chi connectivity index (χ1v) is 5.08. The van der Waals surface area contributed by atoms with Crippen LogP contribution >= 0.6 is 15.9 Å². The van der Waals surface area contributed by atoms with E-state index in [-0.39, 0.29) is 5.70 Å². The van der Waals surface area contributed by atoms with E-state index in [0.29, 0.717) is 4.48 Å². The van der Waals surface area contributed by atoms with Gasteiger partial charge in [-0.1, -0.05) is 35.4 Å². The van der Waals surface area contributed by atoms with E-state index in [0.717, 1.165) is 5.56 Å². The van der Waals surface area contributed by atoms with Gasteiger partial charge in [-0.05, 0) is 27.0 Å². The first kappa shape index (κ1) is 12.3. The quantitative estimate of drug-likeness (QED) is 0.280. The molecular weight excluding hydrogens is 274 g/mol. The summed E-state index contributed by atoms with van der Waals surface area (Å²) < 4.78 is 4.92. The molecule has 1 rings (SSSR count). The Kier molecular flexibility index (Phi) is 4.57. The molecule has 0 aliphatic rings. The van der Waals surface area contributed by atoms with Crippen molar-refractivity contribution in [3.63, 3.8) is 0 Å². The Morgan fingerprint density at radius 3 is 2.56 bits per heavy atom. The van der Waals surface area contributed by atoms with Crippen molar-refractivity contribution in [3.05, 3.63) is 52.0 Å². The molecule has 6 heteroatoms. The zero-order valence-electron chi connectivity index (χ0n) is 8.42. The van der Waals surface area contributed by atoms with Gasteiger partial charge in [-0.25, -0.2) is 4.79 Å². The predicted molar refractivity (Wildman–Crippen MR) is 63.5 cm³/mol. The summed E-state index contributed by atoms with van der Waals surface area (Å²) in [4.78, 5) is 13.9. The maximum atomic E-state index is 11.3. The number of benzene rings is 1. The van der Waals surface area contributed by atoms with Gasteiger partial charge in [0.1, 0.15) is 5.70 Å². The van der Waals surface area contributed by atoms with E-state index < -0.39 is 5.97 Å². The fourth-order valence-electron chi connectivity index (χ4n) is 1.04. The van der Waals surface area contributed by atoms with Gasteiger partial charge < -0.3 is 4.74 Å². The summed E-state index contributed by atoms with van der Waals surface area (Å²) in [7, 11) is 1.22. The van der Waals surface area contributed by atoms with Crippen LogP contribution in [0, 0.1) is 0 Å². The van der Waals surface area contributed by atoms with E-state index in [9.17, 15) is 4.79 Å². The summed E-state index contributed by atoms with van der Waals surface area (Å²) in [5.74, 6) is -0.687. The second-order valence-corrected chi connectivity index (χ2v) is 3.50. The van der Waals surface area contributed by atoms with Crippen LogP contribution in [-0.2, 0) is 9.53 Å². The molecule has 0 fully saturated rings. The smallest absolute Gasteiger partial charge is 0.341 e. The van der Waals surface area contributed by atoms with Gasteiger partial charge >= 0.3 is 5.97 Å². The summed E-state index contributed by atoms with van der Waals surface area (Å²) in [6.07, 6.45) is 0. The van der Waals surface area contributed by atoms with Crippen molar-refractivity contribution in [1.82, 2.24) is 0 Å². The van der Waals surface area contributed by atoms with Gasteiger partial charge in [0, 0.05) is 9.39 Å². The fourth-order valence-corrected chi connectivity index (χ4v) is 1.54. The van der Waals surface area contributed by atoms with Gasteiger partial charge in [0.15, 0.2) is 0 Å². The highest BCUT2D eigenvalue weighted by atomic mass is 79.9. The highest BCUT2D eigenvalue weighted by Crippen LogP contribution is 2.26. The van der Waals surface area contributed by atoms with Crippen molar-refractivity contribution in [2.45, 2.75) is 0 Å². The minimum absolute atomic E-state index is 0.101. The van der Waals surface area contributed by atoms with Crippen LogP contribution in [0.3, 0.4) is 0 Å². The highest BCUT2D eigenvalue weighted by Gasteiger charge is 2.13. The molecule has 5 nitrogen and oxygen atoms in total. The average Bonchev–Trinajstić information content (AvgIpc) is 2.35. The molecule has 0 aliphatic carbocycles. The Balaban J connectivity index is 3.27. The van der Waals surface area contributed by atoms with Crippen molar-refractivity contribution >= 4 is 26.4 Å². The molecule has 16 heavy (non-hydrogen) atoms. The zero-order chi connectivity index (χ0) is 12.0. The van der Waals surface area contributed by atoms with Gasteiger partial charge in [0.05, 0.1) is 7.11 Å². The summed E-state index contributed by atoms with van der Waals surface area (Å²) in [6.45, 7) is 0. The lowest BCUT2D eigenvalue weighted by Crippen LogP contribution is -2.03. The molecule has 0 unspecified atom stereocenters. The minimum Gasteiger partial charge on any atom is -0.465 e. The van der Waals surface area contributed by atoms with Crippen molar-refractivity contribution in [2.75, 3.05) is 7.11 Å². The molecule has 0 radical (unpaired) electrons. The van der Waals surface area contributed by atoms with Crippen molar-refractivity contribution < 1.29 is 9.53 Å². The molecule has 0 spiro atoms. The highest BCUT2D eigenvalue weighted by molar-refractivity contribution is 9.15. The van der Waals surface area contributed by atoms with Gasteiger partial charge in [-0.3, -0.25) is 0 Å². The van der Waals surface area contributed by atoms with Crippen LogP contribution in [0.2, 0.25) is 0 Å². The molecule has 1 aromatic carbocycles. The van der Waals surface area contributed by atoms with Crippen LogP contribution in [0.1, 0.15) is 5.56 Å². The van der Waals surface area contributed by atoms with Crippen molar-refractivity contribution in [3.8, 4) is 0 Å². The molecule has 0 bridgehead atoms. The molecule has 0 saturated heterocycles. The number of rotatable bonds is 3. The number of methoxy groups -OCH3 is 1. The van der Waals surface area contributed by atoms with Gasteiger partial charge in [0.25, 0.3) is 0 Å². The fraction of sp³-hybridized carbons (Fsp3) is 0.100. The molecule has 0 amide bonds. The molecule has 0 saturated carbocycles. The molecule has 0 aliphatic heterocycles. The van der Waals surface area contributed by atoms with E-state index in [1.165, 1.54) is 7.11 Å². The Morgan fingerprint density at radius 2 is 2.06 bits per heavy atom. The van der Waals surface area contributed by atoms with Crippen LogP contribution in [0.5, 0.6) is 0 Å². The number of carbonyl (C=O) groups excluding carboxylic acids is 1. The molecule has 1 aromatic rings. The Hall–Kier alpha value is -1.78. The number of hydrogen-bond donors (Lipinski definition) is 0. The van der Waals surface area contributed by atoms with E-state index >= 15 is 0 Å². The predicted octanol–water partition coefficient (Wildman–Crippen LogP) is 3.23. The monoisotopic (exact) mass is 281 g/mol. The first-order valence-electron chi connectivity index (χ1n) is 4.29. The Bertz CT molecular complexity index is 464. The van der Waals surface area contributed by atoms with Crippen molar-refractivity contribution in [1.29, 1.82) is 0 Å². The number of nitrogens with zero attached hydrogens (tertiary/aromatic N) is 3. The average molecular weight is 282 g/mol. The summed E-state index contributed by atoms with van der Waals surface area (Å²) in [5, 5.41) is 3.31. The minimum atomic E-state index is -0.687. The first-order chi connectivity index (χ1) is 7.70. The van der Waals surface area contributed by atoms with E-state index in [2.05, 4.69) is 30.7 Å². The van der Waals surface area contributed by atoms with Crippen LogP contribution in [0.25, 0.3) is 14.9 Å². The number of halogens is 1. The summed E-state index contributed by atoms with van der Waals surface area (Å²) >= 11 is 3.21. The third-order valence-corrected chi connectivity index (χ3v) is 2.59.